The molecule has 186 valence electrons. The predicted octanol–water partition coefficient (Wildman–Crippen LogP) is 2.32. The van der Waals surface area contributed by atoms with E-state index in [-0.39, 0.29) is 17.9 Å². The summed E-state index contributed by atoms with van der Waals surface area (Å²) in [5.41, 5.74) is 2.44. The highest BCUT2D eigenvalue weighted by Gasteiger charge is 2.30. The van der Waals surface area contributed by atoms with E-state index < -0.39 is 6.10 Å². The van der Waals surface area contributed by atoms with Gasteiger partial charge in [-0.05, 0) is 38.0 Å². The zero-order valence-electron chi connectivity index (χ0n) is 20.2. The van der Waals surface area contributed by atoms with E-state index in [1.807, 2.05) is 31.4 Å². The van der Waals surface area contributed by atoms with Gasteiger partial charge in [0.15, 0.2) is 11.5 Å². The third-order valence-electron chi connectivity index (χ3n) is 6.76. The Morgan fingerprint density at radius 3 is 2.86 bits per heavy atom. The first kappa shape index (κ1) is 22.6. The van der Waals surface area contributed by atoms with Gasteiger partial charge in [0.2, 0.25) is 5.91 Å². The SMILES string of the molecule is CNc1ncc(-c2nc3ccc(N4CCO[C@H]([C@@H](C)O)C4)cn3n2)c2cc(NC(=O)C3CC3)ncc12. The fourth-order valence-electron chi connectivity index (χ4n) is 4.53. The van der Waals surface area contributed by atoms with Gasteiger partial charge in [-0.15, -0.1) is 5.10 Å². The van der Waals surface area contributed by atoms with Gasteiger partial charge in [0, 0.05) is 54.8 Å². The minimum absolute atomic E-state index is 0.00521. The predicted molar refractivity (Wildman–Crippen MR) is 136 cm³/mol. The largest absolute Gasteiger partial charge is 0.391 e. The molecule has 1 amide bonds. The van der Waals surface area contributed by atoms with Crippen LogP contribution in [0.15, 0.2) is 36.8 Å². The van der Waals surface area contributed by atoms with Gasteiger partial charge in [-0.2, -0.15) is 0 Å². The minimum Gasteiger partial charge on any atom is -0.391 e. The molecule has 1 saturated heterocycles. The normalized spacial score (nSPS) is 19.0. The highest BCUT2D eigenvalue weighted by molar-refractivity contribution is 6.03. The highest BCUT2D eigenvalue weighted by atomic mass is 16.5. The zero-order valence-corrected chi connectivity index (χ0v) is 20.2. The van der Waals surface area contributed by atoms with Crippen molar-refractivity contribution in [3.63, 3.8) is 0 Å². The van der Waals surface area contributed by atoms with E-state index in [9.17, 15) is 9.90 Å². The van der Waals surface area contributed by atoms with E-state index in [2.05, 4.69) is 25.5 Å². The molecule has 3 N–H and O–H groups in total. The summed E-state index contributed by atoms with van der Waals surface area (Å²) >= 11 is 0. The molecule has 36 heavy (non-hydrogen) atoms. The summed E-state index contributed by atoms with van der Waals surface area (Å²) in [6.07, 6.45) is 6.48. The van der Waals surface area contributed by atoms with Crippen molar-refractivity contribution in [2.75, 3.05) is 42.3 Å². The van der Waals surface area contributed by atoms with Gasteiger partial charge in [0.25, 0.3) is 0 Å². The molecule has 0 radical (unpaired) electrons. The first-order valence-electron chi connectivity index (χ1n) is 12.2. The van der Waals surface area contributed by atoms with Gasteiger partial charge in [0.05, 0.1) is 24.6 Å². The van der Waals surface area contributed by atoms with Crippen LogP contribution in [0.5, 0.6) is 0 Å². The Bertz CT molecular complexity index is 1450. The van der Waals surface area contributed by atoms with E-state index in [0.717, 1.165) is 41.4 Å². The van der Waals surface area contributed by atoms with Crippen molar-refractivity contribution in [1.29, 1.82) is 0 Å². The van der Waals surface area contributed by atoms with Crippen LogP contribution in [0, 0.1) is 5.92 Å². The van der Waals surface area contributed by atoms with E-state index >= 15 is 0 Å². The number of fused-ring (bicyclic) bond motifs is 2. The van der Waals surface area contributed by atoms with Crippen molar-refractivity contribution in [1.82, 2.24) is 24.6 Å². The number of hydrogen-bond donors (Lipinski definition) is 3. The Morgan fingerprint density at radius 1 is 1.22 bits per heavy atom. The van der Waals surface area contributed by atoms with Crippen LogP contribution in [0.4, 0.5) is 17.3 Å². The highest BCUT2D eigenvalue weighted by Crippen LogP contribution is 2.33. The van der Waals surface area contributed by atoms with E-state index in [1.165, 1.54) is 0 Å². The van der Waals surface area contributed by atoms with E-state index in [0.29, 0.717) is 36.3 Å². The maximum absolute atomic E-state index is 12.3. The monoisotopic (exact) mass is 488 g/mol. The molecule has 4 aromatic rings. The van der Waals surface area contributed by atoms with Gasteiger partial charge in [-0.1, -0.05) is 0 Å². The number of ether oxygens (including phenoxy) is 1. The zero-order chi connectivity index (χ0) is 24.8. The van der Waals surface area contributed by atoms with Crippen LogP contribution in [0.3, 0.4) is 0 Å². The average molecular weight is 489 g/mol. The average Bonchev–Trinajstić information content (AvgIpc) is 3.67. The second kappa shape index (κ2) is 8.99. The molecule has 1 saturated carbocycles. The van der Waals surface area contributed by atoms with Gasteiger partial charge in [-0.25, -0.2) is 19.5 Å². The smallest absolute Gasteiger partial charge is 0.228 e. The Kier molecular flexibility index (Phi) is 5.65. The topological polar surface area (TPSA) is 130 Å². The van der Waals surface area contributed by atoms with Crippen LogP contribution in [-0.4, -0.2) is 74.5 Å². The lowest BCUT2D eigenvalue weighted by Gasteiger charge is -2.35. The van der Waals surface area contributed by atoms with Gasteiger partial charge in [0.1, 0.15) is 17.7 Å². The van der Waals surface area contributed by atoms with Crippen LogP contribution in [-0.2, 0) is 9.53 Å². The van der Waals surface area contributed by atoms with Crippen molar-refractivity contribution >= 4 is 39.6 Å². The Morgan fingerprint density at radius 2 is 2.08 bits per heavy atom. The number of carbonyl (C=O) groups is 1. The number of pyridine rings is 3. The number of morpholine rings is 1. The summed E-state index contributed by atoms with van der Waals surface area (Å²) in [7, 11) is 1.81. The number of anilines is 3. The molecule has 1 aliphatic heterocycles. The summed E-state index contributed by atoms with van der Waals surface area (Å²) in [4.78, 5) is 28.2. The summed E-state index contributed by atoms with van der Waals surface area (Å²) in [6, 6.07) is 5.79. The molecule has 1 aliphatic carbocycles. The van der Waals surface area contributed by atoms with Crippen LogP contribution in [0.1, 0.15) is 19.8 Å². The molecule has 5 heterocycles. The Balaban J connectivity index is 1.37. The molecule has 2 fully saturated rings. The van der Waals surface area contributed by atoms with Crippen LogP contribution in [0.2, 0.25) is 0 Å². The molecule has 6 rings (SSSR count). The number of hydrogen-bond acceptors (Lipinski definition) is 9. The number of rotatable bonds is 6. The first-order chi connectivity index (χ1) is 17.5. The molecule has 4 aromatic heterocycles. The molecule has 0 spiro atoms. The second-order valence-electron chi connectivity index (χ2n) is 9.37. The number of nitrogens with zero attached hydrogens (tertiary/aromatic N) is 6. The molecule has 0 bridgehead atoms. The molecular formula is C25H28N8O3. The molecule has 11 nitrogen and oxygen atoms in total. The lowest BCUT2D eigenvalue weighted by molar-refractivity contribution is -0.117. The number of aliphatic hydroxyl groups excluding tert-OH is 1. The van der Waals surface area contributed by atoms with E-state index in [1.54, 1.807) is 23.8 Å². The van der Waals surface area contributed by atoms with Gasteiger partial charge >= 0.3 is 0 Å². The Hall–Kier alpha value is -3.83. The lowest BCUT2D eigenvalue weighted by atomic mass is 10.1. The number of aliphatic hydroxyl groups is 1. The summed E-state index contributed by atoms with van der Waals surface area (Å²) in [6.45, 7) is 3.64. The first-order valence-corrected chi connectivity index (χ1v) is 12.2. The molecular weight excluding hydrogens is 460 g/mol. The molecule has 2 aliphatic rings. The van der Waals surface area contributed by atoms with Crippen molar-refractivity contribution in [3.8, 4) is 11.4 Å². The summed E-state index contributed by atoms with van der Waals surface area (Å²) < 4.78 is 7.44. The Labute approximate surface area is 207 Å². The standard InChI is InChI=1S/C25H28N8O3/c1-14(34)20-13-32(7-8-36-20)16-5-6-22-30-24(31-33(22)12-16)19-11-28-23(26-2)18-10-27-21(9-17(18)19)29-25(35)15-3-4-15/h5-6,9-12,14-15,20,34H,3-4,7-8,13H2,1-2H3,(H,26,28)(H,27,29,35)/t14-,20+/m1/s1. The summed E-state index contributed by atoms with van der Waals surface area (Å²) in [5, 5.41) is 22.4. The fraction of sp³-hybridized carbons (Fsp3) is 0.400. The fourth-order valence-corrected chi connectivity index (χ4v) is 4.53. The van der Waals surface area contributed by atoms with Crippen LogP contribution in [0.25, 0.3) is 27.8 Å². The number of carbonyl (C=O) groups excluding carboxylic acids is 1. The number of amides is 1. The number of aromatic nitrogens is 5. The van der Waals surface area contributed by atoms with Gasteiger partial charge in [-0.3, -0.25) is 4.79 Å². The third kappa shape index (κ3) is 4.20. The lowest BCUT2D eigenvalue weighted by Crippen LogP contribution is -2.47. The molecule has 11 heteroatoms. The quantitative estimate of drug-likeness (QED) is 0.374. The molecule has 2 atom stereocenters. The maximum atomic E-state index is 12.3. The second-order valence-corrected chi connectivity index (χ2v) is 9.37. The van der Waals surface area contributed by atoms with Crippen molar-refractivity contribution in [2.45, 2.75) is 32.0 Å². The van der Waals surface area contributed by atoms with Crippen molar-refractivity contribution in [2.24, 2.45) is 5.92 Å². The molecule has 0 unspecified atom stereocenters. The van der Waals surface area contributed by atoms with Crippen LogP contribution < -0.4 is 15.5 Å². The molecule has 0 aromatic carbocycles. The van der Waals surface area contributed by atoms with Gasteiger partial charge < -0.3 is 25.4 Å². The van der Waals surface area contributed by atoms with Crippen LogP contribution >= 0.6 is 0 Å². The minimum atomic E-state index is -0.538. The van der Waals surface area contributed by atoms with Crippen molar-refractivity contribution in [3.05, 3.63) is 36.8 Å². The van der Waals surface area contributed by atoms with Crippen molar-refractivity contribution < 1.29 is 14.6 Å². The third-order valence-corrected chi connectivity index (χ3v) is 6.76. The summed E-state index contributed by atoms with van der Waals surface area (Å²) in [5.74, 6) is 1.81. The van der Waals surface area contributed by atoms with E-state index in [4.69, 9.17) is 14.8 Å². The maximum Gasteiger partial charge on any atom is 0.228 e. The number of nitrogens with one attached hydrogen (secondary N) is 2.